The van der Waals surface area contributed by atoms with Gasteiger partial charge in [-0.1, -0.05) is 28.1 Å². The lowest BCUT2D eigenvalue weighted by atomic mass is 10.2. The van der Waals surface area contributed by atoms with Gasteiger partial charge >= 0.3 is 0 Å². The van der Waals surface area contributed by atoms with Gasteiger partial charge in [-0.15, -0.1) is 0 Å². The van der Waals surface area contributed by atoms with E-state index in [0.717, 1.165) is 16.1 Å². The number of nitro benzene ring substituents is 1. The molecule has 0 saturated carbocycles. The van der Waals surface area contributed by atoms with Crippen molar-refractivity contribution in [2.45, 2.75) is 11.4 Å². The third kappa shape index (κ3) is 4.27. The minimum Gasteiger partial charge on any atom is -0.369 e. The summed E-state index contributed by atoms with van der Waals surface area (Å²) in [5.74, 6) is 0. The topological polar surface area (TPSA) is 107 Å². The summed E-state index contributed by atoms with van der Waals surface area (Å²) in [6.07, 6.45) is 0. The molecule has 0 aliphatic heterocycles. The van der Waals surface area contributed by atoms with Crippen LogP contribution in [0.2, 0.25) is 0 Å². The number of benzene rings is 2. The van der Waals surface area contributed by atoms with E-state index in [4.69, 9.17) is 5.14 Å². The minimum atomic E-state index is -4.09. The number of nitrogens with zero attached hydrogens (tertiary/aromatic N) is 2. The van der Waals surface area contributed by atoms with Crippen molar-refractivity contribution in [1.82, 2.24) is 0 Å². The molecule has 2 N–H and O–H groups in total. The van der Waals surface area contributed by atoms with Crippen molar-refractivity contribution in [1.29, 1.82) is 0 Å². The number of halogens is 1. The molecule has 0 atom stereocenters. The van der Waals surface area contributed by atoms with Gasteiger partial charge in [0, 0.05) is 30.2 Å². The monoisotopic (exact) mass is 399 g/mol. The molecule has 0 radical (unpaired) electrons. The second kappa shape index (κ2) is 6.65. The second-order valence-electron chi connectivity index (χ2n) is 4.94. The van der Waals surface area contributed by atoms with Gasteiger partial charge in [0.25, 0.3) is 5.69 Å². The van der Waals surface area contributed by atoms with Crippen molar-refractivity contribution in [3.05, 3.63) is 62.6 Å². The van der Waals surface area contributed by atoms with E-state index in [1.165, 1.54) is 12.1 Å². The Kier molecular flexibility index (Phi) is 5.03. The Morgan fingerprint density at radius 2 is 1.83 bits per heavy atom. The van der Waals surface area contributed by atoms with Crippen molar-refractivity contribution in [2.75, 3.05) is 11.9 Å². The molecule has 2 rings (SSSR count). The quantitative estimate of drug-likeness (QED) is 0.614. The fourth-order valence-corrected chi connectivity index (χ4v) is 3.17. The van der Waals surface area contributed by atoms with Gasteiger partial charge in [-0.2, -0.15) is 0 Å². The SMILES string of the molecule is CN(Cc1ccc(Br)cc1)c1ccc([N+](=O)[O-])cc1S(N)(=O)=O. The van der Waals surface area contributed by atoms with Gasteiger partial charge < -0.3 is 4.90 Å². The summed E-state index contributed by atoms with van der Waals surface area (Å²) < 4.78 is 24.4. The molecule has 2 aromatic carbocycles. The third-order valence-electron chi connectivity index (χ3n) is 3.20. The maximum Gasteiger partial charge on any atom is 0.270 e. The first-order chi connectivity index (χ1) is 10.7. The zero-order valence-electron chi connectivity index (χ0n) is 12.1. The van der Waals surface area contributed by atoms with Crippen LogP contribution in [0.5, 0.6) is 0 Å². The van der Waals surface area contributed by atoms with Crippen LogP contribution in [0.25, 0.3) is 0 Å². The van der Waals surface area contributed by atoms with Crippen molar-refractivity contribution in [3.63, 3.8) is 0 Å². The van der Waals surface area contributed by atoms with Gasteiger partial charge in [-0.05, 0) is 23.8 Å². The fourth-order valence-electron chi connectivity index (χ4n) is 2.11. The number of primary sulfonamides is 1. The average molecular weight is 400 g/mol. The summed E-state index contributed by atoms with van der Waals surface area (Å²) in [4.78, 5) is 11.6. The molecule has 7 nitrogen and oxygen atoms in total. The lowest BCUT2D eigenvalue weighted by Gasteiger charge is -2.21. The number of nitro groups is 1. The van der Waals surface area contributed by atoms with Gasteiger partial charge in [0.2, 0.25) is 10.0 Å². The molecule has 0 aliphatic rings. The third-order valence-corrected chi connectivity index (χ3v) is 4.67. The van der Waals surface area contributed by atoms with Gasteiger partial charge in [0.15, 0.2) is 0 Å². The molecule has 0 heterocycles. The normalized spacial score (nSPS) is 11.3. The van der Waals surface area contributed by atoms with E-state index in [0.29, 0.717) is 12.2 Å². The van der Waals surface area contributed by atoms with E-state index in [2.05, 4.69) is 15.9 Å². The number of rotatable bonds is 5. The van der Waals surface area contributed by atoms with Crippen molar-refractivity contribution < 1.29 is 13.3 Å². The highest BCUT2D eigenvalue weighted by Crippen LogP contribution is 2.29. The largest absolute Gasteiger partial charge is 0.369 e. The van der Waals surface area contributed by atoms with Crippen molar-refractivity contribution in [2.24, 2.45) is 5.14 Å². The average Bonchev–Trinajstić information content (AvgIpc) is 2.48. The molecule has 0 aromatic heterocycles. The molecule has 23 heavy (non-hydrogen) atoms. The molecule has 0 bridgehead atoms. The Morgan fingerprint density at radius 3 is 2.35 bits per heavy atom. The minimum absolute atomic E-state index is 0.272. The maximum atomic E-state index is 11.8. The predicted molar refractivity (Wildman–Crippen MR) is 90.7 cm³/mol. The Bertz CT molecular complexity index is 838. The summed E-state index contributed by atoms with van der Waals surface area (Å²) in [6, 6.07) is 11.1. The Morgan fingerprint density at radius 1 is 1.22 bits per heavy atom. The van der Waals surface area contributed by atoms with Crippen LogP contribution in [-0.2, 0) is 16.6 Å². The molecule has 0 spiro atoms. The summed E-state index contributed by atoms with van der Waals surface area (Å²) in [5, 5.41) is 16.0. The van der Waals surface area contributed by atoms with Crippen LogP contribution in [0.15, 0.2) is 51.8 Å². The molecule has 0 saturated heterocycles. The first kappa shape index (κ1) is 17.4. The van der Waals surface area contributed by atoms with E-state index in [9.17, 15) is 18.5 Å². The summed E-state index contributed by atoms with van der Waals surface area (Å²) >= 11 is 3.34. The van der Waals surface area contributed by atoms with Crippen molar-refractivity contribution in [3.8, 4) is 0 Å². The number of anilines is 1. The van der Waals surface area contributed by atoms with Crippen LogP contribution in [-0.4, -0.2) is 20.4 Å². The van der Waals surface area contributed by atoms with Gasteiger partial charge in [0.1, 0.15) is 4.90 Å². The Hall–Kier alpha value is -1.97. The number of non-ortho nitro benzene ring substituents is 1. The highest BCUT2D eigenvalue weighted by Gasteiger charge is 2.21. The number of nitrogens with two attached hydrogens (primary N) is 1. The van der Waals surface area contributed by atoms with Crippen LogP contribution in [0.4, 0.5) is 11.4 Å². The van der Waals surface area contributed by atoms with E-state index in [-0.39, 0.29) is 10.6 Å². The zero-order chi connectivity index (χ0) is 17.2. The highest BCUT2D eigenvalue weighted by atomic mass is 79.9. The van der Waals surface area contributed by atoms with Gasteiger partial charge in [-0.3, -0.25) is 10.1 Å². The number of sulfonamides is 1. The van der Waals surface area contributed by atoms with Crippen LogP contribution in [0, 0.1) is 10.1 Å². The summed E-state index contributed by atoms with van der Waals surface area (Å²) in [5.41, 5.74) is 0.935. The smallest absolute Gasteiger partial charge is 0.270 e. The lowest BCUT2D eigenvalue weighted by molar-refractivity contribution is -0.385. The number of hydrogen-bond acceptors (Lipinski definition) is 5. The standard InChI is InChI=1S/C14H14BrN3O4S/c1-17(9-10-2-4-11(15)5-3-10)13-7-6-12(18(19)20)8-14(13)23(16,21)22/h2-8H,9H2,1H3,(H2,16,21,22). The van der Waals surface area contributed by atoms with E-state index in [1.807, 2.05) is 24.3 Å². The molecule has 0 fully saturated rings. The second-order valence-corrected chi connectivity index (χ2v) is 7.38. The Balaban J connectivity index is 2.41. The molecular formula is C14H14BrN3O4S. The van der Waals surface area contributed by atoms with Crippen LogP contribution >= 0.6 is 15.9 Å². The maximum absolute atomic E-state index is 11.8. The van der Waals surface area contributed by atoms with Gasteiger partial charge in [-0.25, -0.2) is 13.6 Å². The van der Waals surface area contributed by atoms with Gasteiger partial charge in [0.05, 0.1) is 10.6 Å². The van der Waals surface area contributed by atoms with E-state index < -0.39 is 14.9 Å². The Labute approximate surface area is 142 Å². The molecule has 122 valence electrons. The first-order valence-electron chi connectivity index (χ1n) is 6.45. The van der Waals surface area contributed by atoms with E-state index >= 15 is 0 Å². The lowest BCUT2D eigenvalue weighted by Crippen LogP contribution is -2.22. The van der Waals surface area contributed by atoms with E-state index in [1.54, 1.807) is 11.9 Å². The molecule has 0 unspecified atom stereocenters. The molecular weight excluding hydrogens is 386 g/mol. The number of hydrogen-bond donors (Lipinski definition) is 1. The molecule has 0 aliphatic carbocycles. The molecule has 9 heteroatoms. The summed E-state index contributed by atoms with van der Waals surface area (Å²) in [7, 11) is -2.39. The first-order valence-corrected chi connectivity index (χ1v) is 8.79. The summed E-state index contributed by atoms with van der Waals surface area (Å²) in [6.45, 7) is 0.424. The molecule has 2 aromatic rings. The van der Waals surface area contributed by atoms with Crippen LogP contribution < -0.4 is 10.0 Å². The zero-order valence-corrected chi connectivity index (χ0v) is 14.5. The highest BCUT2D eigenvalue weighted by molar-refractivity contribution is 9.10. The molecule has 0 amide bonds. The fraction of sp³-hybridized carbons (Fsp3) is 0.143. The predicted octanol–water partition coefficient (Wildman–Crippen LogP) is 2.64. The van der Waals surface area contributed by atoms with Crippen LogP contribution in [0.1, 0.15) is 5.56 Å². The van der Waals surface area contributed by atoms with Crippen molar-refractivity contribution >= 4 is 37.3 Å². The van der Waals surface area contributed by atoms with Crippen LogP contribution in [0.3, 0.4) is 0 Å².